The lowest BCUT2D eigenvalue weighted by molar-refractivity contribution is -0.118. The smallest absolute Gasteiger partial charge is 0.233 e. The zero-order valence-electron chi connectivity index (χ0n) is 16.0. The second kappa shape index (κ2) is 8.54. The van der Waals surface area contributed by atoms with E-state index >= 15 is 0 Å². The van der Waals surface area contributed by atoms with Crippen LogP contribution in [0.4, 0.5) is 13.9 Å². The van der Waals surface area contributed by atoms with E-state index in [-0.39, 0.29) is 24.4 Å². The Kier molecular flexibility index (Phi) is 5.67. The van der Waals surface area contributed by atoms with Crippen molar-refractivity contribution in [2.75, 3.05) is 12.0 Å². The molecule has 0 radical (unpaired) electrons. The van der Waals surface area contributed by atoms with E-state index in [1.165, 1.54) is 11.0 Å². The Bertz CT molecular complexity index is 1180. The lowest BCUT2D eigenvalue weighted by Gasteiger charge is -2.20. The van der Waals surface area contributed by atoms with Gasteiger partial charge >= 0.3 is 0 Å². The van der Waals surface area contributed by atoms with Gasteiger partial charge in [0.15, 0.2) is 10.9 Å². The highest BCUT2D eigenvalue weighted by Crippen LogP contribution is 2.32. The van der Waals surface area contributed by atoms with Crippen molar-refractivity contribution in [1.82, 2.24) is 9.97 Å². The van der Waals surface area contributed by atoms with Crippen molar-refractivity contribution in [3.8, 4) is 5.75 Å². The minimum atomic E-state index is -0.753. The second-order valence-corrected chi connectivity index (χ2v) is 7.61. The van der Waals surface area contributed by atoms with Crippen molar-refractivity contribution in [3.05, 3.63) is 83.7 Å². The molecule has 152 valence electrons. The number of benzene rings is 2. The van der Waals surface area contributed by atoms with E-state index in [9.17, 15) is 13.6 Å². The predicted molar refractivity (Wildman–Crippen MR) is 112 cm³/mol. The standard InChI is InChI=1S/C22H17F2N3O2S/c1-29-17-6-4-14(5-7-17)9-20(28)27(13-15-3-2-8-25-12-15)22-26-21-18(24)10-16(23)11-19(21)30-22/h2-8,10-12H,9,13H2,1H3. The quantitative estimate of drug-likeness (QED) is 0.447. The average Bonchev–Trinajstić information content (AvgIpc) is 3.17. The van der Waals surface area contributed by atoms with Gasteiger partial charge in [0.05, 0.1) is 24.8 Å². The van der Waals surface area contributed by atoms with Crippen LogP contribution in [0.25, 0.3) is 10.2 Å². The fourth-order valence-corrected chi connectivity index (χ4v) is 4.03. The number of rotatable bonds is 6. The van der Waals surface area contributed by atoms with Gasteiger partial charge < -0.3 is 4.74 Å². The van der Waals surface area contributed by atoms with Crippen molar-refractivity contribution in [1.29, 1.82) is 0 Å². The number of aromatic nitrogens is 2. The number of anilines is 1. The Morgan fingerprint density at radius 3 is 2.63 bits per heavy atom. The van der Waals surface area contributed by atoms with Crippen LogP contribution < -0.4 is 9.64 Å². The topological polar surface area (TPSA) is 55.3 Å². The first-order valence-electron chi connectivity index (χ1n) is 9.11. The van der Waals surface area contributed by atoms with Crippen molar-refractivity contribution in [3.63, 3.8) is 0 Å². The Labute approximate surface area is 175 Å². The summed E-state index contributed by atoms with van der Waals surface area (Å²) in [5, 5.41) is 0.303. The molecule has 0 atom stereocenters. The molecule has 4 rings (SSSR count). The summed E-state index contributed by atoms with van der Waals surface area (Å²) in [6, 6.07) is 12.8. The SMILES string of the molecule is COc1ccc(CC(=O)N(Cc2cccnc2)c2nc3c(F)cc(F)cc3s2)cc1. The molecule has 0 saturated heterocycles. The molecule has 0 N–H and O–H groups in total. The van der Waals surface area contributed by atoms with Crippen molar-refractivity contribution < 1.29 is 18.3 Å². The van der Waals surface area contributed by atoms with Gasteiger partial charge in [0.25, 0.3) is 0 Å². The van der Waals surface area contributed by atoms with Crippen LogP contribution in [0.2, 0.25) is 0 Å². The molecule has 30 heavy (non-hydrogen) atoms. The maximum atomic E-state index is 14.1. The highest BCUT2D eigenvalue weighted by atomic mass is 32.1. The van der Waals surface area contributed by atoms with Crippen LogP contribution in [-0.2, 0) is 17.8 Å². The fraction of sp³-hybridized carbons (Fsp3) is 0.136. The van der Waals surface area contributed by atoms with Crippen LogP contribution in [0.3, 0.4) is 0 Å². The van der Waals surface area contributed by atoms with Gasteiger partial charge in [-0.3, -0.25) is 14.7 Å². The first-order valence-corrected chi connectivity index (χ1v) is 9.93. The van der Waals surface area contributed by atoms with Crippen LogP contribution in [-0.4, -0.2) is 23.0 Å². The number of halogens is 2. The summed E-state index contributed by atoms with van der Waals surface area (Å²) in [7, 11) is 1.57. The molecule has 0 aliphatic heterocycles. The van der Waals surface area contributed by atoms with Crippen LogP contribution in [0, 0.1) is 11.6 Å². The molecule has 0 unspecified atom stereocenters. The second-order valence-electron chi connectivity index (χ2n) is 6.60. The maximum absolute atomic E-state index is 14.1. The number of fused-ring (bicyclic) bond motifs is 1. The van der Waals surface area contributed by atoms with Gasteiger partial charge in [-0.25, -0.2) is 13.8 Å². The summed E-state index contributed by atoms with van der Waals surface area (Å²) >= 11 is 1.07. The molecule has 2 aromatic carbocycles. The van der Waals surface area contributed by atoms with Crippen molar-refractivity contribution >= 4 is 32.6 Å². The molecule has 2 heterocycles. The number of hydrogen-bond acceptors (Lipinski definition) is 5. The molecular formula is C22H17F2N3O2S. The largest absolute Gasteiger partial charge is 0.497 e. The number of thiazole rings is 1. The van der Waals surface area contributed by atoms with Crippen molar-refractivity contribution in [2.45, 2.75) is 13.0 Å². The van der Waals surface area contributed by atoms with Crippen LogP contribution >= 0.6 is 11.3 Å². The molecule has 0 saturated carbocycles. The monoisotopic (exact) mass is 425 g/mol. The molecule has 0 fully saturated rings. The lowest BCUT2D eigenvalue weighted by Crippen LogP contribution is -2.31. The van der Waals surface area contributed by atoms with Crippen molar-refractivity contribution in [2.24, 2.45) is 0 Å². The molecule has 1 amide bonds. The number of nitrogens with zero attached hydrogens (tertiary/aromatic N) is 3. The third kappa shape index (κ3) is 4.28. The summed E-state index contributed by atoms with van der Waals surface area (Å²) < 4.78 is 33.2. The van der Waals surface area contributed by atoms with E-state index in [0.717, 1.165) is 28.5 Å². The molecule has 0 spiro atoms. The van der Waals surface area contributed by atoms with Gasteiger partial charge in [-0.2, -0.15) is 0 Å². The molecule has 2 aromatic heterocycles. The van der Waals surface area contributed by atoms with E-state index in [1.54, 1.807) is 37.7 Å². The van der Waals surface area contributed by atoms with Gasteiger partial charge in [0.2, 0.25) is 5.91 Å². The summed E-state index contributed by atoms with van der Waals surface area (Å²) in [5.41, 5.74) is 1.65. The van der Waals surface area contributed by atoms with Gasteiger partial charge in [-0.05, 0) is 35.4 Å². The number of carbonyl (C=O) groups excluding carboxylic acids is 1. The van der Waals surface area contributed by atoms with E-state index in [0.29, 0.717) is 15.6 Å². The van der Waals surface area contributed by atoms with E-state index < -0.39 is 11.6 Å². The Balaban J connectivity index is 1.68. The summed E-state index contributed by atoms with van der Waals surface area (Å²) in [4.78, 5) is 23.0. The van der Waals surface area contributed by atoms with Gasteiger partial charge in [0.1, 0.15) is 17.1 Å². The first kappa shape index (κ1) is 19.9. The maximum Gasteiger partial charge on any atom is 0.233 e. The lowest BCUT2D eigenvalue weighted by atomic mass is 10.1. The fourth-order valence-electron chi connectivity index (χ4n) is 3.01. The number of ether oxygens (including phenoxy) is 1. The molecule has 5 nitrogen and oxygen atoms in total. The van der Waals surface area contributed by atoms with Gasteiger partial charge in [-0.1, -0.05) is 29.5 Å². The third-order valence-corrected chi connectivity index (χ3v) is 5.54. The molecule has 0 bridgehead atoms. The zero-order chi connectivity index (χ0) is 21.1. The predicted octanol–water partition coefficient (Wildman–Crippen LogP) is 4.75. The van der Waals surface area contributed by atoms with Gasteiger partial charge in [0, 0.05) is 18.5 Å². The average molecular weight is 425 g/mol. The van der Waals surface area contributed by atoms with E-state index in [4.69, 9.17) is 4.74 Å². The Morgan fingerprint density at radius 2 is 1.93 bits per heavy atom. The Hall–Kier alpha value is -3.39. The first-order chi connectivity index (χ1) is 14.5. The zero-order valence-corrected chi connectivity index (χ0v) is 16.8. The van der Waals surface area contributed by atoms with E-state index in [1.807, 2.05) is 18.2 Å². The number of amides is 1. The molecule has 4 aromatic rings. The minimum Gasteiger partial charge on any atom is -0.497 e. The number of methoxy groups -OCH3 is 1. The van der Waals surface area contributed by atoms with Crippen LogP contribution in [0.1, 0.15) is 11.1 Å². The number of pyridine rings is 1. The highest BCUT2D eigenvalue weighted by molar-refractivity contribution is 7.22. The van der Waals surface area contributed by atoms with Gasteiger partial charge in [-0.15, -0.1) is 0 Å². The minimum absolute atomic E-state index is 0.0461. The normalized spacial score (nSPS) is 10.9. The number of carbonyl (C=O) groups is 1. The highest BCUT2D eigenvalue weighted by Gasteiger charge is 2.22. The van der Waals surface area contributed by atoms with E-state index in [2.05, 4.69) is 9.97 Å². The molecule has 0 aliphatic carbocycles. The molecular weight excluding hydrogens is 408 g/mol. The molecule has 0 aliphatic rings. The summed E-state index contributed by atoms with van der Waals surface area (Å²) in [5.74, 6) is -0.957. The van der Waals surface area contributed by atoms with Crippen LogP contribution in [0.15, 0.2) is 60.9 Å². The number of hydrogen-bond donors (Lipinski definition) is 0. The summed E-state index contributed by atoms with van der Waals surface area (Å²) in [6.45, 7) is 0.215. The Morgan fingerprint density at radius 1 is 1.13 bits per heavy atom. The summed E-state index contributed by atoms with van der Waals surface area (Å²) in [6.07, 6.45) is 3.42. The van der Waals surface area contributed by atoms with Crippen LogP contribution in [0.5, 0.6) is 5.75 Å². The third-order valence-electron chi connectivity index (χ3n) is 4.51. The molecule has 8 heteroatoms.